The summed E-state index contributed by atoms with van der Waals surface area (Å²) in [6.45, 7) is 4.44. The van der Waals surface area contributed by atoms with E-state index in [2.05, 4.69) is 38.1 Å². The zero-order valence-electron chi connectivity index (χ0n) is 8.64. The van der Waals surface area contributed by atoms with E-state index in [0.717, 1.165) is 0 Å². The average Bonchev–Trinajstić information content (AvgIpc) is 2.09. The topological polar surface area (TPSA) is 31.5 Å². The summed E-state index contributed by atoms with van der Waals surface area (Å²) < 4.78 is 0. The third-order valence-corrected chi connectivity index (χ3v) is 2.10. The predicted molar refractivity (Wildman–Crippen MR) is 58.0 cm³/mol. The van der Waals surface area contributed by atoms with E-state index in [1.54, 1.807) is 0 Å². The Morgan fingerprint density at radius 1 is 0.769 bits per heavy atom. The molecule has 1 rings (SSSR count). The van der Waals surface area contributed by atoms with Gasteiger partial charge in [-0.1, -0.05) is 51.0 Å². The Hall–Kier alpha value is -0.820. The van der Waals surface area contributed by atoms with Crippen LogP contribution in [0.4, 0.5) is 0 Å². The third kappa shape index (κ3) is 4.09. The summed E-state index contributed by atoms with van der Waals surface area (Å²) in [6, 6.07) is 9.03. The molecular weight excluding hydrogens is 160 g/mol. The lowest BCUT2D eigenvalue weighted by molar-refractivity contribution is 0.824. The van der Waals surface area contributed by atoms with E-state index in [0.29, 0.717) is 0 Å². The Kier molecular flexibility index (Phi) is 6.25. The van der Waals surface area contributed by atoms with Crippen molar-refractivity contribution in [3.05, 3.63) is 35.4 Å². The van der Waals surface area contributed by atoms with E-state index in [9.17, 15) is 0 Å². The van der Waals surface area contributed by atoms with Gasteiger partial charge in [0, 0.05) is 0 Å². The monoisotopic (exact) mass is 180 g/mol. The summed E-state index contributed by atoms with van der Waals surface area (Å²) in [6.07, 6.45) is 4.92. The number of hydrogen-bond acceptors (Lipinski definition) is 0. The van der Waals surface area contributed by atoms with Crippen LogP contribution in [0.2, 0.25) is 0 Å². The molecule has 2 N–H and O–H groups in total. The summed E-state index contributed by atoms with van der Waals surface area (Å²) in [5.74, 6) is 0. The van der Waals surface area contributed by atoms with Crippen LogP contribution < -0.4 is 0 Å². The van der Waals surface area contributed by atoms with Gasteiger partial charge >= 0.3 is 0 Å². The fraction of sp³-hybridized carbons (Fsp3) is 0.500. The van der Waals surface area contributed by atoms with Crippen LogP contribution in [-0.2, 0) is 12.8 Å². The molecule has 74 valence electrons. The first-order chi connectivity index (χ1) is 5.86. The van der Waals surface area contributed by atoms with Crippen LogP contribution in [0, 0.1) is 0 Å². The van der Waals surface area contributed by atoms with Gasteiger partial charge in [-0.3, -0.25) is 0 Å². The molecule has 0 aromatic heterocycles. The van der Waals surface area contributed by atoms with Gasteiger partial charge in [-0.15, -0.1) is 0 Å². The van der Waals surface area contributed by atoms with Crippen molar-refractivity contribution < 1.29 is 5.48 Å². The second-order valence-electron chi connectivity index (χ2n) is 3.32. The van der Waals surface area contributed by atoms with Crippen molar-refractivity contribution in [3.8, 4) is 0 Å². The molecule has 1 nitrogen and oxygen atoms in total. The van der Waals surface area contributed by atoms with Crippen LogP contribution in [0.5, 0.6) is 0 Å². The van der Waals surface area contributed by atoms with Crippen molar-refractivity contribution in [3.63, 3.8) is 0 Å². The Bertz CT molecular complexity index is 188. The molecule has 0 aliphatic rings. The smallest absolute Gasteiger partial charge is 0.0281 e. The van der Waals surface area contributed by atoms with E-state index in [1.165, 1.54) is 36.8 Å². The van der Waals surface area contributed by atoms with E-state index in [1.807, 2.05) is 0 Å². The molecule has 0 bridgehead atoms. The van der Waals surface area contributed by atoms with Gasteiger partial charge in [-0.2, -0.15) is 0 Å². The van der Waals surface area contributed by atoms with Crippen molar-refractivity contribution in [2.75, 3.05) is 0 Å². The molecule has 13 heavy (non-hydrogen) atoms. The molecule has 1 heteroatoms. The van der Waals surface area contributed by atoms with E-state index < -0.39 is 0 Å². The highest BCUT2D eigenvalue weighted by atomic mass is 16.0. The van der Waals surface area contributed by atoms with Crippen molar-refractivity contribution >= 4 is 0 Å². The molecular formula is C12H20O. The number of benzene rings is 1. The van der Waals surface area contributed by atoms with Gasteiger partial charge in [0.1, 0.15) is 0 Å². The summed E-state index contributed by atoms with van der Waals surface area (Å²) in [4.78, 5) is 0. The van der Waals surface area contributed by atoms with E-state index >= 15 is 0 Å². The molecule has 0 heterocycles. The first kappa shape index (κ1) is 12.2. The summed E-state index contributed by atoms with van der Waals surface area (Å²) in [5, 5.41) is 0. The number of rotatable bonds is 4. The molecule has 1 aromatic carbocycles. The van der Waals surface area contributed by atoms with Gasteiger partial charge in [0.25, 0.3) is 0 Å². The molecule has 0 fully saturated rings. The Labute approximate surface area is 81.1 Å². The van der Waals surface area contributed by atoms with Crippen LogP contribution in [0.1, 0.15) is 37.8 Å². The third-order valence-electron chi connectivity index (χ3n) is 2.10. The molecule has 1 aromatic rings. The Morgan fingerprint density at radius 3 is 1.31 bits per heavy atom. The van der Waals surface area contributed by atoms with E-state index in [-0.39, 0.29) is 5.48 Å². The van der Waals surface area contributed by atoms with Gasteiger partial charge in [0.2, 0.25) is 0 Å². The van der Waals surface area contributed by atoms with Crippen LogP contribution in [0.25, 0.3) is 0 Å². The van der Waals surface area contributed by atoms with Gasteiger partial charge in [-0.05, 0) is 24.0 Å². The molecule has 0 saturated carbocycles. The average molecular weight is 180 g/mol. The van der Waals surface area contributed by atoms with Gasteiger partial charge in [0.05, 0.1) is 0 Å². The molecule has 0 spiro atoms. The maximum Gasteiger partial charge on any atom is -0.0281 e. The maximum atomic E-state index is 2.26. The number of aryl methyl sites for hydroxylation is 2. The molecule has 0 unspecified atom stereocenters. The normalized spacial score (nSPS) is 9.38. The van der Waals surface area contributed by atoms with Crippen molar-refractivity contribution in [2.45, 2.75) is 39.5 Å². The first-order valence-corrected chi connectivity index (χ1v) is 4.94. The molecule has 0 radical (unpaired) electrons. The van der Waals surface area contributed by atoms with Crippen molar-refractivity contribution in [1.82, 2.24) is 0 Å². The quantitative estimate of drug-likeness (QED) is 0.682. The van der Waals surface area contributed by atoms with Gasteiger partial charge < -0.3 is 5.48 Å². The molecule has 0 aliphatic heterocycles. The molecule has 0 aliphatic carbocycles. The fourth-order valence-corrected chi connectivity index (χ4v) is 1.45. The molecule has 0 atom stereocenters. The highest BCUT2D eigenvalue weighted by molar-refractivity contribution is 5.22. The van der Waals surface area contributed by atoms with Crippen LogP contribution in [0.3, 0.4) is 0 Å². The molecule has 0 saturated heterocycles. The lowest BCUT2D eigenvalue weighted by Gasteiger charge is -2.01. The summed E-state index contributed by atoms with van der Waals surface area (Å²) in [5.41, 5.74) is 2.94. The Morgan fingerprint density at radius 2 is 1.08 bits per heavy atom. The summed E-state index contributed by atoms with van der Waals surface area (Å²) in [7, 11) is 0. The first-order valence-electron chi connectivity index (χ1n) is 4.94. The zero-order valence-corrected chi connectivity index (χ0v) is 8.64. The van der Waals surface area contributed by atoms with Crippen LogP contribution >= 0.6 is 0 Å². The maximum absolute atomic E-state index is 2.26. The highest BCUT2D eigenvalue weighted by Crippen LogP contribution is 2.07. The van der Waals surface area contributed by atoms with Crippen molar-refractivity contribution in [2.24, 2.45) is 0 Å². The second kappa shape index (κ2) is 6.67. The lowest BCUT2D eigenvalue weighted by atomic mass is 10.1. The molecule has 0 amide bonds. The highest BCUT2D eigenvalue weighted by Gasteiger charge is 1.92. The van der Waals surface area contributed by atoms with Gasteiger partial charge in [0.15, 0.2) is 0 Å². The number of hydrogen-bond donors (Lipinski definition) is 0. The van der Waals surface area contributed by atoms with Crippen LogP contribution in [-0.4, -0.2) is 5.48 Å². The van der Waals surface area contributed by atoms with Crippen molar-refractivity contribution in [1.29, 1.82) is 0 Å². The second-order valence-corrected chi connectivity index (χ2v) is 3.32. The lowest BCUT2D eigenvalue weighted by Crippen LogP contribution is -1.85. The Balaban J connectivity index is 0.00000144. The summed E-state index contributed by atoms with van der Waals surface area (Å²) >= 11 is 0. The predicted octanol–water partition coefficient (Wildman–Crippen LogP) is 2.77. The SMILES string of the molecule is CCCc1ccc(CCC)cc1.O. The standard InChI is InChI=1S/C12H18.H2O/c1-3-5-11-7-9-12(6-4-2)10-8-11;/h7-10H,3-6H2,1-2H3;1H2. The van der Waals surface area contributed by atoms with Gasteiger partial charge in [-0.25, -0.2) is 0 Å². The fourth-order valence-electron chi connectivity index (χ4n) is 1.45. The minimum absolute atomic E-state index is 0. The minimum Gasteiger partial charge on any atom is -0.412 e. The zero-order chi connectivity index (χ0) is 8.81. The largest absolute Gasteiger partial charge is 0.412 e. The minimum atomic E-state index is 0. The van der Waals surface area contributed by atoms with Crippen LogP contribution in [0.15, 0.2) is 24.3 Å². The van der Waals surface area contributed by atoms with E-state index in [4.69, 9.17) is 0 Å².